The summed E-state index contributed by atoms with van der Waals surface area (Å²) in [5.41, 5.74) is 0.958. The number of esters is 1. The predicted molar refractivity (Wildman–Crippen MR) is 67.3 cm³/mol. The van der Waals surface area contributed by atoms with E-state index in [1.807, 2.05) is 24.3 Å². The van der Waals surface area contributed by atoms with Gasteiger partial charge in [0.15, 0.2) is 0 Å². The monoisotopic (exact) mass is 252 g/mol. The average molecular weight is 252 g/mol. The maximum atomic E-state index is 11.7. The first kappa shape index (κ1) is 12.5. The number of ether oxygens (including phenoxy) is 2. The molecule has 0 radical (unpaired) electrons. The Labute approximate surface area is 107 Å². The molecular formula is C13H16O3S. The van der Waals surface area contributed by atoms with Gasteiger partial charge in [-0.25, -0.2) is 0 Å². The summed E-state index contributed by atoms with van der Waals surface area (Å²) < 4.78 is 10.6. The maximum absolute atomic E-state index is 11.7. The molecule has 92 valence electrons. The van der Waals surface area contributed by atoms with Gasteiger partial charge in [0, 0.05) is 17.7 Å². The summed E-state index contributed by atoms with van der Waals surface area (Å²) in [6.45, 7) is 1.37. The van der Waals surface area contributed by atoms with Gasteiger partial charge in [0.25, 0.3) is 0 Å². The Kier molecular flexibility index (Phi) is 4.45. The fraction of sp³-hybridized carbons (Fsp3) is 0.462. The van der Waals surface area contributed by atoms with Gasteiger partial charge in [-0.05, 0) is 17.7 Å². The lowest BCUT2D eigenvalue weighted by molar-refractivity contribution is -0.152. The third kappa shape index (κ3) is 4.06. The third-order valence-electron chi connectivity index (χ3n) is 2.75. The SMILES string of the molecule is O=C(Cc1ccc(S)cc1)OC1CCOCC1. The molecule has 1 saturated heterocycles. The van der Waals surface area contributed by atoms with Crippen molar-refractivity contribution in [3.8, 4) is 0 Å². The minimum Gasteiger partial charge on any atom is -0.462 e. The molecule has 3 nitrogen and oxygen atoms in total. The smallest absolute Gasteiger partial charge is 0.310 e. The quantitative estimate of drug-likeness (QED) is 0.662. The number of hydrogen-bond acceptors (Lipinski definition) is 4. The van der Waals surface area contributed by atoms with Gasteiger partial charge in [0.1, 0.15) is 6.10 Å². The highest BCUT2D eigenvalue weighted by molar-refractivity contribution is 7.80. The normalized spacial score (nSPS) is 16.8. The van der Waals surface area contributed by atoms with Crippen molar-refractivity contribution in [2.45, 2.75) is 30.3 Å². The van der Waals surface area contributed by atoms with Crippen LogP contribution in [0.4, 0.5) is 0 Å². The molecule has 17 heavy (non-hydrogen) atoms. The van der Waals surface area contributed by atoms with Crippen LogP contribution in [0.2, 0.25) is 0 Å². The Balaban J connectivity index is 1.82. The molecule has 0 N–H and O–H groups in total. The second-order valence-corrected chi connectivity index (χ2v) is 4.66. The zero-order chi connectivity index (χ0) is 12.1. The van der Waals surface area contributed by atoms with E-state index in [1.54, 1.807) is 0 Å². The molecule has 1 heterocycles. The van der Waals surface area contributed by atoms with E-state index in [9.17, 15) is 4.79 Å². The van der Waals surface area contributed by atoms with Crippen LogP contribution < -0.4 is 0 Å². The first-order valence-corrected chi connectivity index (χ1v) is 6.24. The fourth-order valence-corrected chi connectivity index (χ4v) is 1.95. The third-order valence-corrected chi connectivity index (χ3v) is 3.05. The number of thiol groups is 1. The molecule has 0 atom stereocenters. The van der Waals surface area contributed by atoms with E-state index in [4.69, 9.17) is 9.47 Å². The van der Waals surface area contributed by atoms with Gasteiger partial charge in [0.2, 0.25) is 0 Å². The van der Waals surface area contributed by atoms with Gasteiger partial charge < -0.3 is 9.47 Å². The summed E-state index contributed by atoms with van der Waals surface area (Å²) in [7, 11) is 0. The van der Waals surface area contributed by atoms with Crippen LogP contribution >= 0.6 is 12.6 Å². The zero-order valence-corrected chi connectivity index (χ0v) is 10.5. The van der Waals surface area contributed by atoms with Gasteiger partial charge >= 0.3 is 5.97 Å². The van der Waals surface area contributed by atoms with Gasteiger partial charge in [-0.1, -0.05) is 12.1 Å². The standard InChI is InChI=1S/C13H16O3S/c14-13(16-11-5-7-15-8-6-11)9-10-1-3-12(17)4-2-10/h1-4,11,17H,5-9H2. The average Bonchev–Trinajstić information content (AvgIpc) is 2.33. The highest BCUT2D eigenvalue weighted by Crippen LogP contribution is 2.13. The fourth-order valence-electron chi connectivity index (χ4n) is 1.80. The van der Waals surface area contributed by atoms with Gasteiger partial charge in [-0.2, -0.15) is 0 Å². The topological polar surface area (TPSA) is 35.5 Å². The van der Waals surface area contributed by atoms with E-state index in [0.29, 0.717) is 19.6 Å². The van der Waals surface area contributed by atoms with Crippen LogP contribution in [-0.2, 0) is 20.7 Å². The van der Waals surface area contributed by atoms with E-state index < -0.39 is 0 Å². The van der Waals surface area contributed by atoms with Crippen LogP contribution in [0.3, 0.4) is 0 Å². The summed E-state index contributed by atoms with van der Waals surface area (Å²) in [5.74, 6) is -0.163. The second kappa shape index (κ2) is 6.07. The maximum Gasteiger partial charge on any atom is 0.310 e. The molecule has 4 heteroatoms. The number of hydrogen-bond donors (Lipinski definition) is 1. The molecule has 0 spiro atoms. The van der Waals surface area contributed by atoms with Crippen LogP contribution in [0.1, 0.15) is 18.4 Å². The minimum absolute atomic E-state index is 0.0282. The van der Waals surface area contributed by atoms with Crippen LogP contribution in [0.15, 0.2) is 29.2 Å². The van der Waals surface area contributed by atoms with Crippen molar-refractivity contribution in [1.82, 2.24) is 0 Å². The Bertz CT molecular complexity index is 369. The van der Waals surface area contributed by atoms with Crippen molar-refractivity contribution in [2.75, 3.05) is 13.2 Å². The lowest BCUT2D eigenvalue weighted by atomic mass is 10.1. The molecule has 1 aromatic rings. The van der Waals surface area contributed by atoms with Crippen LogP contribution in [0.25, 0.3) is 0 Å². The van der Waals surface area contributed by atoms with E-state index in [2.05, 4.69) is 12.6 Å². The number of rotatable bonds is 3. The predicted octanol–water partition coefficient (Wildman–Crippen LogP) is 2.24. The van der Waals surface area contributed by atoms with Crippen LogP contribution in [-0.4, -0.2) is 25.3 Å². The molecule has 0 saturated carbocycles. The summed E-state index contributed by atoms with van der Waals surface area (Å²) in [5, 5.41) is 0. The molecule has 1 fully saturated rings. The molecule has 0 aromatic heterocycles. The molecule has 0 amide bonds. The minimum atomic E-state index is -0.163. The summed E-state index contributed by atoms with van der Waals surface area (Å²) in [6, 6.07) is 7.54. The van der Waals surface area contributed by atoms with Gasteiger partial charge in [-0.15, -0.1) is 12.6 Å². The van der Waals surface area contributed by atoms with Crippen molar-refractivity contribution in [3.63, 3.8) is 0 Å². The van der Waals surface area contributed by atoms with Crippen molar-refractivity contribution in [3.05, 3.63) is 29.8 Å². The summed E-state index contributed by atoms with van der Waals surface area (Å²) in [6.07, 6.45) is 1.97. The van der Waals surface area contributed by atoms with Crippen LogP contribution in [0, 0.1) is 0 Å². The van der Waals surface area contributed by atoms with E-state index >= 15 is 0 Å². The first-order chi connectivity index (χ1) is 8.24. The number of carbonyl (C=O) groups is 1. The summed E-state index contributed by atoms with van der Waals surface area (Å²) >= 11 is 4.20. The Hall–Kier alpha value is -1.00. The van der Waals surface area contributed by atoms with E-state index in [1.165, 1.54) is 0 Å². The second-order valence-electron chi connectivity index (χ2n) is 4.14. The molecule has 2 rings (SSSR count). The zero-order valence-electron chi connectivity index (χ0n) is 9.59. The highest BCUT2D eigenvalue weighted by atomic mass is 32.1. The Morgan fingerprint density at radius 3 is 2.59 bits per heavy atom. The Morgan fingerprint density at radius 2 is 1.94 bits per heavy atom. The Morgan fingerprint density at radius 1 is 1.29 bits per heavy atom. The van der Waals surface area contributed by atoms with Crippen molar-refractivity contribution >= 4 is 18.6 Å². The molecule has 1 aliphatic rings. The van der Waals surface area contributed by atoms with Crippen LogP contribution in [0.5, 0.6) is 0 Å². The highest BCUT2D eigenvalue weighted by Gasteiger charge is 2.18. The molecule has 0 aliphatic carbocycles. The molecular weight excluding hydrogens is 236 g/mol. The van der Waals surface area contributed by atoms with Crippen molar-refractivity contribution < 1.29 is 14.3 Å². The molecule has 1 aliphatic heterocycles. The summed E-state index contributed by atoms with van der Waals surface area (Å²) in [4.78, 5) is 12.6. The first-order valence-electron chi connectivity index (χ1n) is 5.79. The largest absolute Gasteiger partial charge is 0.462 e. The number of carbonyl (C=O) groups excluding carboxylic acids is 1. The van der Waals surface area contributed by atoms with E-state index in [-0.39, 0.29) is 12.1 Å². The van der Waals surface area contributed by atoms with Crippen molar-refractivity contribution in [1.29, 1.82) is 0 Å². The lowest BCUT2D eigenvalue weighted by Gasteiger charge is -2.22. The van der Waals surface area contributed by atoms with Gasteiger partial charge in [-0.3, -0.25) is 4.79 Å². The number of benzene rings is 1. The molecule has 0 bridgehead atoms. The van der Waals surface area contributed by atoms with Crippen molar-refractivity contribution in [2.24, 2.45) is 0 Å². The molecule has 1 aromatic carbocycles. The molecule has 0 unspecified atom stereocenters. The van der Waals surface area contributed by atoms with Gasteiger partial charge in [0.05, 0.1) is 19.6 Å². The lowest BCUT2D eigenvalue weighted by Crippen LogP contribution is -2.26. The van der Waals surface area contributed by atoms with E-state index in [0.717, 1.165) is 23.3 Å².